The minimum absolute atomic E-state index is 0.188. The van der Waals surface area contributed by atoms with Crippen LogP contribution in [0.3, 0.4) is 0 Å². The molecule has 1 rings (SSSR count). The van der Waals surface area contributed by atoms with Crippen molar-refractivity contribution in [3.05, 3.63) is 29.8 Å². The van der Waals surface area contributed by atoms with Crippen molar-refractivity contribution in [2.75, 3.05) is 13.2 Å². The molecule has 0 aliphatic heterocycles. The van der Waals surface area contributed by atoms with Gasteiger partial charge in [-0.3, -0.25) is 0 Å². The van der Waals surface area contributed by atoms with E-state index in [1.807, 2.05) is 38.1 Å². The summed E-state index contributed by atoms with van der Waals surface area (Å²) in [4.78, 5) is 0. The monoisotopic (exact) mass is 180 g/mol. The predicted molar refractivity (Wildman–Crippen MR) is 53.1 cm³/mol. The molecule has 0 aromatic heterocycles. The summed E-state index contributed by atoms with van der Waals surface area (Å²) in [6.07, 6.45) is 0. The van der Waals surface area contributed by atoms with E-state index in [4.69, 9.17) is 9.84 Å². The van der Waals surface area contributed by atoms with Gasteiger partial charge in [0.05, 0.1) is 6.61 Å². The highest BCUT2D eigenvalue weighted by atomic mass is 16.5. The SMILES string of the molecule is CCOc1ccc(C(C)CO)cc1. The smallest absolute Gasteiger partial charge is 0.119 e. The van der Waals surface area contributed by atoms with E-state index in [0.717, 1.165) is 11.3 Å². The summed E-state index contributed by atoms with van der Waals surface area (Å²) in [6.45, 7) is 4.84. The van der Waals surface area contributed by atoms with E-state index in [9.17, 15) is 0 Å². The number of ether oxygens (including phenoxy) is 1. The third-order valence-corrected chi connectivity index (χ3v) is 2.03. The molecule has 1 aromatic rings. The van der Waals surface area contributed by atoms with Gasteiger partial charge in [0, 0.05) is 12.5 Å². The van der Waals surface area contributed by atoms with Crippen molar-refractivity contribution in [1.82, 2.24) is 0 Å². The summed E-state index contributed by atoms with van der Waals surface area (Å²) in [6, 6.07) is 7.85. The van der Waals surface area contributed by atoms with E-state index in [-0.39, 0.29) is 12.5 Å². The van der Waals surface area contributed by atoms with E-state index in [0.29, 0.717) is 6.61 Å². The highest BCUT2D eigenvalue weighted by molar-refractivity contribution is 5.29. The van der Waals surface area contributed by atoms with Crippen LogP contribution in [-0.2, 0) is 0 Å². The zero-order valence-electron chi connectivity index (χ0n) is 8.16. The second-order valence-electron chi connectivity index (χ2n) is 3.09. The van der Waals surface area contributed by atoms with Crippen molar-refractivity contribution in [3.63, 3.8) is 0 Å². The second kappa shape index (κ2) is 4.87. The number of aliphatic hydroxyl groups is 1. The minimum atomic E-state index is 0.188. The summed E-state index contributed by atoms with van der Waals surface area (Å²) in [7, 11) is 0. The van der Waals surface area contributed by atoms with Crippen LogP contribution in [0.2, 0.25) is 0 Å². The minimum Gasteiger partial charge on any atom is -0.494 e. The highest BCUT2D eigenvalue weighted by Gasteiger charge is 2.02. The molecule has 2 nitrogen and oxygen atoms in total. The Morgan fingerprint density at radius 1 is 1.31 bits per heavy atom. The number of aliphatic hydroxyl groups excluding tert-OH is 1. The van der Waals surface area contributed by atoms with Crippen LogP contribution in [0, 0.1) is 0 Å². The fourth-order valence-corrected chi connectivity index (χ4v) is 1.16. The average molecular weight is 180 g/mol. The van der Waals surface area contributed by atoms with E-state index in [2.05, 4.69) is 0 Å². The maximum Gasteiger partial charge on any atom is 0.119 e. The van der Waals surface area contributed by atoms with Crippen molar-refractivity contribution in [1.29, 1.82) is 0 Å². The van der Waals surface area contributed by atoms with Gasteiger partial charge in [-0.25, -0.2) is 0 Å². The molecule has 13 heavy (non-hydrogen) atoms. The summed E-state index contributed by atoms with van der Waals surface area (Å²) in [5.74, 6) is 1.09. The molecule has 1 unspecified atom stereocenters. The lowest BCUT2D eigenvalue weighted by Gasteiger charge is -2.09. The quantitative estimate of drug-likeness (QED) is 0.769. The van der Waals surface area contributed by atoms with Crippen molar-refractivity contribution >= 4 is 0 Å². The van der Waals surface area contributed by atoms with Crippen LogP contribution in [0.1, 0.15) is 25.3 Å². The molecule has 0 amide bonds. The summed E-state index contributed by atoms with van der Waals surface area (Å²) in [5.41, 5.74) is 1.14. The zero-order chi connectivity index (χ0) is 9.68. The molecule has 1 aromatic carbocycles. The van der Waals surface area contributed by atoms with Gasteiger partial charge in [0.2, 0.25) is 0 Å². The normalized spacial score (nSPS) is 12.5. The van der Waals surface area contributed by atoms with Gasteiger partial charge in [0.25, 0.3) is 0 Å². The summed E-state index contributed by atoms with van der Waals surface area (Å²) >= 11 is 0. The van der Waals surface area contributed by atoms with Crippen molar-refractivity contribution < 1.29 is 9.84 Å². The molecular weight excluding hydrogens is 164 g/mol. The number of rotatable bonds is 4. The molecule has 0 aliphatic carbocycles. The Kier molecular flexibility index (Phi) is 3.77. The number of hydrogen-bond acceptors (Lipinski definition) is 2. The summed E-state index contributed by atoms with van der Waals surface area (Å²) < 4.78 is 5.31. The van der Waals surface area contributed by atoms with Gasteiger partial charge in [-0.2, -0.15) is 0 Å². The van der Waals surface area contributed by atoms with Gasteiger partial charge in [-0.05, 0) is 24.6 Å². The molecule has 0 fully saturated rings. The number of benzene rings is 1. The van der Waals surface area contributed by atoms with Crippen LogP contribution in [0.4, 0.5) is 0 Å². The first-order valence-electron chi connectivity index (χ1n) is 4.61. The molecule has 0 saturated carbocycles. The van der Waals surface area contributed by atoms with Gasteiger partial charge < -0.3 is 9.84 Å². The van der Waals surface area contributed by atoms with E-state index >= 15 is 0 Å². The summed E-state index contributed by atoms with van der Waals surface area (Å²) in [5, 5.41) is 8.93. The first kappa shape index (κ1) is 10.1. The Hall–Kier alpha value is -1.02. The van der Waals surface area contributed by atoms with Gasteiger partial charge >= 0.3 is 0 Å². The molecule has 1 atom stereocenters. The molecule has 0 bridgehead atoms. The lowest BCUT2D eigenvalue weighted by atomic mass is 10.0. The van der Waals surface area contributed by atoms with Gasteiger partial charge in [0.15, 0.2) is 0 Å². The van der Waals surface area contributed by atoms with Gasteiger partial charge in [0.1, 0.15) is 5.75 Å². The Morgan fingerprint density at radius 3 is 2.38 bits per heavy atom. The van der Waals surface area contributed by atoms with Gasteiger partial charge in [-0.1, -0.05) is 19.1 Å². The Bertz CT molecular complexity index is 241. The fourth-order valence-electron chi connectivity index (χ4n) is 1.16. The topological polar surface area (TPSA) is 29.5 Å². The molecule has 2 heteroatoms. The predicted octanol–water partition coefficient (Wildman–Crippen LogP) is 2.18. The highest BCUT2D eigenvalue weighted by Crippen LogP contribution is 2.18. The van der Waals surface area contributed by atoms with Crippen LogP contribution in [0.15, 0.2) is 24.3 Å². The first-order chi connectivity index (χ1) is 6.27. The number of hydrogen-bond donors (Lipinski definition) is 1. The van der Waals surface area contributed by atoms with Crippen LogP contribution in [0.5, 0.6) is 5.75 Å². The van der Waals surface area contributed by atoms with Crippen molar-refractivity contribution in [3.8, 4) is 5.75 Å². The Balaban J connectivity index is 2.69. The molecule has 72 valence electrons. The lowest BCUT2D eigenvalue weighted by Crippen LogP contribution is -1.98. The van der Waals surface area contributed by atoms with E-state index in [1.54, 1.807) is 0 Å². The van der Waals surface area contributed by atoms with Crippen LogP contribution >= 0.6 is 0 Å². The van der Waals surface area contributed by atoms with Crippen LogP contribution < -0.4 is 4.74 Å². The fraction of sp³-hybridized carbons (Fsp3) is 0.455. The zero-order valence-corrected chi connectivity index (χ0v) is 8.16. The van der Waals surface area contributed by atoms with Crippen molar-refractivity contribution in [2.24, 2.45) is 0 Å². The second-order valence-corrected chi connectivity index (χ2v) is 3.09. The molecule has 0 radical (unpaired) electrons. The first-order valence-corrected chi connectivity index (χ1v) is 4.61. The molecular formula is C11H16O2. The average Bonchev–Trinajstić information content (AvgIpc) is 2.18. The maximum atomic E-state index is 8.93. The third-order valence-electron chi connectivity index (χ3n) is 2.03. The van der Waals surface area contributed by atoms with E-state index in [1.165, 1.54) is 0 Å². The van der Waals surface area contributed by atoms with Crippen LogP contribution in [-0.4, -0.2) is 18.3 Å². The third kappa shape index (κ3) is 2.74. The molecule has 0 aliphatic rings. The molecule has 0 heterocycles. The Labute approximate surface area is 79.2 Å². The lowest BCUT2D eigenvalue weighted by molar-refractivity contribution is 0.273. The molecule has 0 saturated heterocycles. The van der Waals surface area contributed by atoms with Crippen LogP contribution in [0.25, 0.3) is 0 Å². The molecule has 1 N–H and O–H groups in total. The van der Waals surface area contributed by atoms with E-state index < -0.39 is 0 Å². The maximum absolute atomic E-state index is 8.93. The van der Waals surface area contributed by atoms with Gasteiger partial charge in [-0.15, -0.1) is 0 Å². The largest absolute Gasteiger partial charge is 0.494 e. The Morgan fingerprint density at radius 2 is 1.92 bits per heavy atom. The van der Waals surface area contributed by atoms with Crippen molar-refractivity contribution in [2.45, 2.75) is 19.8 Å². The molecule has 0 spiro atoms. The standard InChI is InChI=1S/C11H16O2/c1-3-13-11-6-4-10(5-7-11)9(2)8-12/h4-7,9,12H,3,8H2,1-2H3.